The van der Waals surface area contributed by atoms with Crippen molar-refractivity contribution in [3.05, 3.63) is 0 Å². The molecule has 0 aromatic rings. The molecule has 0 aromatic heterocycles. The maximum Gasteiger partial charge on any atom is 0.220 e. The van der Waals surface area contributed by atoms with Crippen LogP contribution in [0.3, 0.4) is 0 Å². The second kappa shape index (κ2) is 30.3. The first-order valence-electron chi connectivity index (χ1n) is 17.3. The van der Waals surface area contributed by atoms with Crippen LogP contribution in [0.2, 0.25) is 0 Å². The first-order valence-corrected chi connectivity index (χ1v) is 17.3. The highest BCUT2D eigenvalue weighted by Gasteiger charge is 2.26. The van der Waals surface area contributed by atoms with Crippen LogP contribution < -0.4 is 5.32 Å². The van der Waals surface area contributed by atoms with E-state index in [2.05, 4.69) is 19.2 Å². The predicted octanol–water partition coefficient (Wildman–Crippen LogP) is 8.76. The summed E-state index contributed by atoms with van der Waals surface area (Å²) in [6, 6.07) is -0.799. The van der Waals surface area contributed by atoms with E-state index in [-0.39, 0.29) is 12.5 Å². The summed E-state index contributed by atoms with van der Waals surface area (Å²) in [5.41, 5.74) is 0. The lowest BCUT2D eigenvalue weighted by Gasteiger charge is -2.26. The summed E-state index contributed by atoms with van der Waals surface area (Å²) in [6.45, 7) is 4.15. The first-order chi connectivity index (χ1) is 19.1. The lowest BCUT2D eigenvalue weighted by atomic mass is 9.99. The predicted molar refractivity (Wildman–Crippen MR) is 167 cm³/mol. The highest BCUT2D eigenvalue weighted by atomic mass is 16.3. The number of aliphatic hydroxyl groups excluding tert-OH is 3. The number of unbranched alkanes of at least 4 members (excludes halogenated alkanes) is 23. The molecule has 1 amide bonds. The molecule has 5 heteroatoms. The Morgan fingerprint density at radius 3 is 1.23 bits per heavy atom. The fraction of sp³-hybridized carbons (Fsp3) is 0.971. The molecule has 4 N–H and O–H groups in total. The number of aliphatic hydroxyl groups is 3. The molecule has 3 unspecified atom stereocenters. The van der Waals surface area contributed by atoms with E-state index in [9.17, 15) is 20.1 Å². The Morgan fingerprint density at radius 1 is 0.538 bits per heavy atom. The van der Waals surface area contributed by atoms with E-state index < -0.39 is 18.2 Å². The molecule has 0 radical (unpaired) electrons. The van der Waals surface area contributed by atoms with Gasteiger partial charge in [-0.1, -0.05) is 168 Å². The molecular formula is C34H69NO4. The maximum absolute atomic E-state index is 12.3. The standard InChI is InChI=1S/C34H69NO4/c1-3-5-7-9-11-13-15-16-17-18-19-21-23-25-27-29-33(38)35-31(30-36)34(39)32(37)28-26-24-22-20-14-12-10-8-6-4-2/h31-32,34,36-37,39H,3-30H2,1-2H3,(H,35,38). The van der Waals surface area contributed by atoms with E-state index in [0.717, 1.165) is 38.5 Å². The molecule has 39 heavy (non-hydrogen) atoms. The molecule has 5 nitrogen and oxygen atoms in total. The number of hydrogen-bond acceptors (Lipinski definition) is 4. The third-order valence-corrected chi connectivity index (χ3v) is 8.21. The van der Waals surface area contributed by atoms with Crippen LogP contribution in [0.4, 0.5) is 0 Å². The van der Waals surface area contributed by atoms with Gasteiger partial charge in [0.2, 0.25) is 5.91 Å². The fourth-order valence-corrected chi connectivity index (χ4v) is 5.45. The average molecular weight is 556 g/mol. The summed E-state index contributed by atoms with van der Waals surface area (Å²) in [6.07, 6.45) is 30.5. The van der Waals surface area contributed by atoms with E-state index in [1.54, 1.807) is 0 Å². The molecule has 3 atom stereocenters. The van der Waals surface area contributed by atoms with Crippen molar-refractivity contribution in [1.82, 2.24) is 5.32 Å². The van der Waals surface area contributed by atoms with Crippen LogP contribution in [0.25, 0.3) is 0 Å². The molecule has 0 saturated heterocycles. The fourth-order valence-electron chi connectivity index (χ4n) is 5.45. The largest absolute Gasteiger partial charge is 0.394 e. The zero-order valence-electron chi connectivity index (χ0n) is 26.3. The van der Waals surface area contributed by atoms with E-state index in [1.165, 1.54) is 122 Å². The Balaban J connectivity index is 3.67. The van der Waals surface area contributed by atoms with Gasteiger partial charge in [0.05, 0.1) is 18.8 Å². The number of carbonyl (C=O) groups excluding carboxylic acids is 1. The Morgan fingerprint density at radius 2 is 0.872 bits per heavy atom. The summed E-state index contributed by atoms with van der Waals surface area (Å²) in [7, 11) is 0. The topological polar surface area (TPSA) is 89.8 Å². The molecule has 0 aliphatic rings. The van der Waals surface area contributed by atoms with Gasteiger partial charge in [-0.2, -0.15) is 0 Å². The smallest absolute Gasteiger partial charge is 0.220 e. The molecule has 0 aliphatic heterocycles. The lowest BCUT2D eigenvalue weighted by Crippen LogP contribution is -2.50. The van der Waals surface area contributed by atoms with E-state index in [4.69, 9.17) is 0 Å². The summed E-state index contributed by atoms with van der Waals surface area (Å²) in [5, 5.41) is 33.2. The van der Waals surface area contributed by atoms with Gasteiger partial charge in [0.15, 0.2) is 0 Å². The number of nitrogens with one attached hydrogen (secondary N) is 1. The molecule has 0 heterocycles. The van der Waals surface area contributed by atoms with Crippen molar-refractivity contribution in [2.45, 2.75) is 205 Å². The number of hydrogen-bond donors (Lipinski definition) is 4. The van der Waals surface area contributed by atoms with Gasteiger partial charge >= 0.3 is 0 Å². The van der Waals surface area contributed by atoms with Crippen LogP contribution in [0.15, 0.2) is 0 Å². The molecule has 0 aromatic carbocycles. The minimum absolute atomic E-state index is 0.145. The van der Waals surface area contributed by atoms with Crippen LogP contribution >= 0.6 is 0 Å². The summed E-state index contributed by atoms with van der Waals surface area (Å²) >= 11 is 0. The van der Waals surface area contributed by atoms with Gasteiger partial charge in [0, 0.05) is 6.42 Å². The molecule has 0 spiro atoms. The van der Waals surface area contributed by atoms with Crippen molar-refractivity contribution in [3.63, 3.8) is 0 Å². The lowest BCUT2D eigenvalue weighted by molar-refractivity contribution is -0.124. The number of amides is 1. The van der Waals surface area contributed by atoms with E-state index >= 15 is 0 Å². The highest BCUT2D eigenvalue weighted by Crippen LogP contribution is 2.15. The zero-order valence-corrected chi connectivity index (χ0v) is 26.3. The second-order valence-electron chi connectivity index (χ2n) is 12.1. The quantitative estimate of drug-likeness (QED) is 0.0644. The Hall–Kier alpha value is -0.650. The van der Waals surface area contributed by atoms with Crippen LogP contribution in [0.5, 0.6) is 0 Å². The Kier molecular flexibility index (Phi) is 29.8. The van der Waals surface area contributed by atoms with Crippen LogP contribution in [-0.2, 0) is 4.79 Å². The van der Waals surface area contributed by atoms with Crippen molar-refractivity contribution in [2.24, 2.45) is 0 Å². The van der Waals surface area contributed by atoms with E-state index in [0.29, 0.717) is 12.8 Å². The third kappa shape index (κ3) is 26.0. The molecule has 0 saturated carbocycles. The molecule has 0 rings (SSSR count). The van der Waals surface area contributed by atoms with E-state index in [1.807, 2.05) is 0 Å². The average Bonchev–Trinajstić information content (AvgIpc) is 2.94. The van der Waals surface area contributed by atoms with Gasteiger partial charge in [-0.15, -0.1) is 0 Å². The number of carbonyl (C=O) groups is 1. The van der Waals surface area contributed by atoms with Crippen molar-refractivity contribution in [3.8, 4) is 0 Å². The minimum Gasteiger partial charge on any atom is -0.394 e. The normalized spacial score (nSPS) is 13.9. The summed E-state index contributed by atoms with van der Waals surface area (Å²) in [4.78, 5) is 12.3. The molecule has 0 fully saturated rings. The van der Waals surface area contributed by atoms with Crippen molar-refractivity contribution >= 4 is 5.91 Å². The summed E-state index contributed by atoms with van der Waals surface area (Å²) in [5.74, 6) is -0.145. The van der Waals surface area contributed by atoms with Gasteiger partial charge in [0.1, 0.15) is 6.10 Å². The first kappa shape index (κ1) is 38.4. The monoisotopic (exact) mass is 556 g/mol. The summed E-state index contributed by atoms with van der Waals surface area (Å²) < 4.78 is 0. The van der Waals surface area contributed by atoms with Crippen molar-refractivity contribution in [2.75, 3.05) is 6.61 Å². The Labute approximate surface area is 243 Å². The van der Waals surface area contributed by atoms with Crippen molar-refractivity contribution < 1.29 is 20.1 Å². The van der Waals surface area contributed by atoms with Crippen LogP contribution in [-0.4, -0.2) is 46.1 Å². The van der Waals surface area contributed by atoms with Gasteiger partial charge < -0.3 is 20.6 Å². The van der Waals surface area contributed by atoms with Gasteiger partial charge in [-0.3, -0.25) is 4.79 Å². The maximum atomic E-state index is 12.3. The molecule has 0 bridgehead atoms. The second-order valence-corrected chi connectivity index (χ2v) is 12.1. The van der Waals surface area contributed by atoms with Gasteiger partial charge in [-0.25, -0.2) is 0 Å². The SMILES string of the molecule is CCCCCCCCCCCCCCCCCC(=O)NC(CO)C(O)C(O)CCCCCCCCCCCC. The van der Waals surface area contributed by atoms with Crippen molar-refractivity contribution in [1.29, 1.82) is 0 Å². The number of rotatable bonds is 31. The van der Waals surface area contributed by atoms with Crippen LogP contribution in [0.1, 0.15) is 187 Å². The zero-order chi connectivity index (χ0) is 28.8. The minimum atomic E-state index is -1.13. The highest BCUT2D eigenvalue weighted by molar-refractivity contribution is 5.76. The third-order valence-electron chi connectivity index (χ3n) is 8.21. The molecular weight excluding hydrogens is 486 g/mol. The van der Waals surface area contributed by atoms with Gasteiger partial charge in [-0.05, 0) is 12.8 Å². The van der Waals surface area contributed by atoms with Crippen LogP contribution in [0, 0.1) is 0 Å². The molecule has 234 valence electrons. The Bertz CT molecular complexity index is 502. The molecule has 0 aliphatic carbocycles. The van der Waals surface area contributed by atoms with Gasteiger partial charge in [0.25, 0.3) is 0 Å².